The molecule has 0 saturated carbocycles. The van der Waals surface area contributed by atoms with Crippen LogP contribution in [0.2, 0.25) is 0 Å². The molecule has 3 aromatic rings. The van der Waals surface area contributed by atoms with Gasteiger partial charge < -0.3 is 9.52 Å². The number of rotatable bonds is 5. The largest absolute Gasteiger partial charge is 0.478 e. The monoisotopic (exact) mass is 319 g/mol. The number of hydrogen-bond donors (Lipinski definition) is 1. The third kappa shape index (κ3) is 3.60. The number of furan rings is 1. The lowest BCUT2D eigenvalue weighted by molar-refractivity contribution is 0.0697. The van der Waals surface area contributed by atoms with Crippen molar-refractivity contribution >= 4 is 12.2 Å². The van der Waals surface area contributed by atoms with Crippen LogP contribution in [-0.4, -0.2) is 17.3 Å². The molecule has 0 spiro atoms. The third-order valence-corrected chi connectivity index (χ3v) is 3.70. The summed E-state index contributed by atoms with van der Waals surface area (Å²) in [6.07, 6.45) is 1.71. The fourth-order valence-electron chi connectivity index (χ4n) is 2.46. The summed E-state index contributed by atoms with van der Waals surface area (Å²) in [5.74, 6) is 0.436. The van der Waals surface area contributed by atoms with Crippen LogP contribution in [0, 0.1) is 6.92 Å². The predicted molar refractivity (Wildman–Crippen MR) is 93.6 cm³/mol. The van der Waals surface area contributed by atoms with Crippen LogP contribution in [0.4, 0.5) is 0 Å². The number of carbonyl (C=O) groups is 1. The summed E-state index contributed by atoms with van der Waals surface area (Å²) in [7, 11) is 0. The quantitative estimate of drug-likeness (QED) is 0.701. The van der Waals surface area contributed by atoms with Gasteiger partial charge in [-0.2, -0.15) is 0 Å². The van der Waals surface area contributed by atoms with Gasteiger partial charge in [-0.15, -0.1) is 0 Å². The van der Waals surface area contributed by atoms with Gasteiger partial charge in [0.2, 0.25) is 0 Å². The van der Waals surface area contributed by atoms with Crippen LogP contribution < -0.4 is 0 Å². The average molecular weight is 319 g/mol. The molecule has 2 aromatic carbocycles. The van der Waals surface area contributed by atoms with Gasteiger partial charge in [0.25, 0.3) is 0 Å². The number of benzene rings is 2. The maximum atomic E-state index is 11.0. The van der Waals surface area contributed by atoms with Crippen molar-refractivity contribution in [2.24, 2.45) is 4.99 Å². The Balaban J connectivity index is 1.75. The average Bonchev–Trinajstić information content (AvgIpc) is 3.04. The molecule has 0 aliphatic rings. The molecular formula is C20H17NO3. The lowest BCUT2D eigenvalue weighted by Gasteiger charge is -2.03. The molecule has 1 heterocycles. The minimum absolute atomic E-state index is 0.271. The van der Waals surface area contributed by atoms with Gasteiger partial charge in [0, 0.05) is 5.56 Å². The Hall–Kier alpha value is -3.14. The van der Waals surface area contributed by atoms with E-state index < -0.39 is 5.97 Å². The van der Waals surface area contributed by atoms with E-state index in [1.807, 2.05) is 49.4 Å². The van der Waals surface area contributed by atoms with Gasteiger partial charge in [-0.25, -0.2) is 4.79 Å². The van der Waals surface area contributed by atoms with E-state index in [1.54, 1.807) is 24.4 Å². The fourth-order valence-corrected chi connectivity index (χ4v) is 2.46. The van der Waals surface area contributed by atoms with Gasteiger partial charge in [-0.3, -0.25) is 4.99 Å². The van der Waals surface area contributed by atoms with Crippen LogP contribution in [0.25, 0.3) is 11.3 Å². The van der Waals surface area contributed by atoms with Crippen molar-refractivity contribution in [3.63, 3.8) is 0 Å². The molecule has 3 rings (SSSR count). The number of carboxylic acid groups (broad SMARTS) is 1. The van der Waals surface area contributed by atoms with E-state index in [9.17, 15) is 4.79 Å². The molecule has 0 aliphatic heterocycles. The first-order chi connectivity index (χ1) is 11.6. The normalized spacial score (nSPS) is 11.0. The second-order valence-electron chi connectivity index (χ2n) is 5.49. The molecule has 0 unspecified atom stereocenters. The van der Waals surface area contributed by atoms with Crippen LogP contribution in [0.15, 0.2) is 70.1 Å². The molecule has 0 fully saturated rings. The zero-order chi connectivity index (χ0) is 16.9. The van der Waals surface area contributed by atoms with Gasteiger partial charge in [0.15, 0.2) is 0 Å². The van der Waals surface area contributed by atoms with Crippen molar-refractivity contribution in [1.82, 2.24) is 0 Å². The summed E-state index contributed by atoms with van der Waals surface area (Å²) in [6.45, 7) is 2.47. The van der Waals surface area contributed by atoms with E-state index in [2.05, 4.69) is 4.99 Å². The van der Waals surface area contributed by atoms with Crippen molar-refractivity contribution in [2.75, 3.05) is 0 Å². The Morgan fingerprint density at radius 3 is 2.62 bits per heavy atom. The molecule has 120 valence electrons. The highest BCUT2D eigenvalue weighted by Crippen LogP contribution is 2.26. The Labute approximate surface area is 140 Å². The van der Waals surface area contributed by atoms with Crippen LogP contribution in [0.1, 0.15) is 27.2 Å². The zero-order valence-corrected chi connectivity index (χ0v) is 13.3. The van der Waals surface area contributed by atoms with Crippen molar-refractivity contribution in [1.29, 1.82) is 0 Å². The molecule has 0 saturated heterocycles. The lowest BCUT2D eigenvalue weighted by atomic mass is 10.0. The standard InChI is InChI=1S/C20H17NO3/c1-14-11-16(20(22)23)7-9-18(14)19-10-8-17(24-19)13-21-12-15-5-3-2-4-6-15/h2-11,13H,12H2,1H3,(H,22,23). The first-order valence-electron chi connectivity index (χ1n) is 7.61. The number of aromatic carboxylic acids is 1. The van der Waals surface area contributed by atoms with E-state index in [-0.39, 0.29) is 5.56 Å². The van der Waals surface area contributed by atoms with Crippen LogP contribution in [0.5, 0.6) is 0 Å². The van der Waals surface area contributed by atoms with Gasteiger partial charge in [0.05, 0.1) is 18.3 Å². The van der Waals surface area contributed by atoms with Crippen LogP contribution >= 0.6 is 0 Å². The van der Waals surface area contributed by atoms with Crippen molar-refractivity contribution < 1.29 is 14.3 Å². The summed E-state index contributed by atoms with van der Waals surface area (Å²) >= 11 is 0. The molecule has 0 bridgehead atoms. The Morgan fingerprint density at radius 1 is 1.12 bits per heavy atom. The van der Waals surface area contributed by atoms with E-state index in [0.717, 1.165) is 16.7 Å². The third-order valence-electron chi connectivity index (χ3n) is 3.70. The predicted octanol–water partition coefficient (Wildman–Crippen LogP) is 4.57. The van der Waals surface area contributed by atoms with E-state index in [4.69, 9.17) is 9.52 Å². The summed E-state index contributed by atoms with van der Waals surface area (Å²) in [5, 5.41) is 9.03. The van der Waals surface area contributed by atoms with E-state index >= 15 is 0 Å². The van der Waals surface area contributed by atoms with Crippen LogP contribution in [0.3, 0.4) is 0 Å². The Bertz CT molecular complexity index is 879. The Kier molecular flexibility index (Phi) is 4.57. The van der Waals surface area contributed by atoms with Gasteiger partial charge in [-0.1, -0.05) is 36.4 Å². The molecule has 1 N–H and O–H groups in total. The molecule has 0 atom stereocenters. The van der Waals surface area contributed by atoms with E-state index in [1.165, 1.54) is 0 Å². The molecule has 24 heavy (non-hydrogen) atoms. The highest BCUT2D eigenvalue weighted by atomic mass is 16.4. The van der Waals surface area contributed by atoms with Gasteiger partial charge in [0.1, 0.15) is 11.5 Å². The summed E-state index contributed by atoms with van der Waals surface area (Å²) in [6, 6.07) is 18.7. The first kappa shape index (κ1) is 15.7. The Morgan fingerprint density at radius 2 is 1.92 bits per heavy atom. The van der Waals surface area contributed by atoms with Crippen molar-refractivity contribution in [3.05, 3.63) is 83.1 Å². The second-order valence-corrected chi connectivity index (χ2v) is 5.49. The maximum Gasteiger partial charge on any atom is 0.335 e. The number of aliphatic imine (C=N–C) groups is 1. The fraction of sp³-hybridized carbons (Fsp3) is 0.100. The molecule has 0 aliphatic carbocycles. The highest BCUT2D eigenvalue weighted by molar-refractivity contribution is 5.89. The summed E-state index contributed by atoms with van der Waals surface area (Å²) in [5.41, 5.74) is 3.15. The molecule has 0 radical (unpaired) electrons. The number of nitrogens with zero attached hydrogens (tertiary/aromatic N) is 1. The maximum absolute atomic E-state index is 11.0. The smallest absolute Gasteiger partial charge is 0.335 e. The highest BCUT2D eigenvalue weighted by Gasteiger charge is 2.10. The van der Waals surface area contributed by atoms with Crippen LogP contribution in [-0.2, 0) is 6.54 Å². The lowest BCUT2D eigenvalue weighted by Crippen LogP contribution is -1.96. The van der Waals surface area contributed by atoms with Gasteiger partial charge in [-0.05, 0) is 42.3 Å². The first-order valence-corrected chi connectivity index (χ1v) is 7.61. The van der Waals surface area contributed by atoms with Crippen molar-refractivity contribution in [2.45, 2.75) is 13.5 Å². The SMILES string of the molecule is Cc1cc(C(=O)O)ccc1-c1ccc(C=NCc2ccccc2)o1. The number of hydrogen-bond acceptors (Lipinski definition) is 3. The van der Waals surface area contributed by atoms with Gasteiger partial charge >= 0.3 is 5.97 Å². The van der Waals surface area contributed by atoms with Crippen molar-refractivity contribution in [3.8, 4) is 11.3 Å². The minimum Gasteiger partial charge on any atom is -0.478 e. The topological polar surface area (TPSA) is 62.8 Å². The molecular weight excluding hydrogens is 302 g/mol. The summed E-state index contributed by atoms with van der Waals surface area (Å²) < 4.78 is 5.79. The zero-order valence-electron chi connectivity index (χ0n) is 13.3. The molecule has 1 aromatic heterocycles. The molecule has 0 amide bonds. The van der Waals surface area contributed by atoms with E-state index in [0.29, 0.717) is 18.1 Å². The molecule has 4 nitrogen and oxygen atoms in total. The number of aryl methyl sites for hydroxylation is 1. The molecule has 4 heteroatoms. The second kappa shape index (κ2) is 6.96. The summed E-state index contributed by atoms with van der Waals surface area (Å²) in [4.78, 5) is 15.4. The minimum atomic E-state index is -0.933. The number of carboxylic acids is 1.